The average Bonchev–Trinajstić information content (AvgIpc) is 3.33. The first-order chi connectivity index (χ1) is 16.9. The van der Waals surface area contributed by atoms with Gasteiger partial charge in [0.05, 0.1) is 17.6 Å². The van der Waals surface area contributed by atoms with E-state index < -0.39 is 24.0 Å². The number of benzene rings is 2. The van der Waals surface area contributed by atoms with Gasteiger partial charge >= 0.3 is 12.0 Å². The van der Waals surface area contributed by atoms with Crippen molar-refractivity contribution in [3.8, 4) is 6.07 Å². The van der Waals surface area contributed by atoms with Crippen molar-refractivity contribution in [2.24, 2.45) is 5.92 Å². The Kier molecular flexibility index (Phi) is 7.35. The van der Waals surface area contributed by atoms with E-state index >= 15 is 0 Å². The fraction of sp³-hybridized carbons (Fsp3) is 0.407. The van der Waals surface area contributed by atoms with Crippen molar-refractivity contribution in [2.45, 2.75) is 51.0 Å². The molecule has 0 spiro atoms. The second-order valence-corrected chi connectivity index (χ2v) is 9.41. The van der Waals surface area contributed by atoms with Gasteiger partial charge < -0.3 is 20.6 Å². The summed E-state index contributed by atoms with van der Waals surface area (Å²) in [6.07, 6.45) is 3.67. The molecular weight excluding hydrogens is 444 g/mol. The summed E-state index contributed by atoms with van der Waals surface area (Å²) in [6.45, 7) is 3.13. The van der Waals surface area contributed by atoms with Gasteiger partial charge in [-0.05, 0) is 73.9 Å². The molecule has 3 amide bonds. The van der Waals surface area contributed by atoms with Gasteiger partial charge in [-0.1, -0.05) is 24.6 Å². The molecule has 2 aromatic carbocycles. The van der Waals surface area contributed by atoms with Crippen molar-refractivity contribution in [1.29, 1.82) is 5.26 Å². The normalized spacial score (nSPS) is 20.2. The highest BCUT2D eigenvalue weighted by Gasteiger charge is 2.34. The van der Waals surface area contributed by atoms with Crippen molar-refractivity contribution in [1.82, 2.24) is 10.2 Å². The molecule has 0 bridgehead atoms. The third-order valence-corrected chi connectivity index (χ3v) is 7.18. The molecule has 1 aliphatic carbocycles. The summed E-state index contributed by atoms with van der Waals surface area (Å²) in [5.41, 5.74) is 3.69. The Labute approximate surface area is 204 Å². The molecular formula is C27H30N4O4. The van der Waals surface area contributed by atoms with Gasteiger partial charge in [0, 0.05) is 30.4 Å². The molecule has 2 aromatic rings. The van der Waals surface area contributed by atoms with E-state index in [1.165, 1.54) is 5.56 Å². The SMILES string of the molecule is Cc1ccc(C(=O)N2CCC(c3ccc(C#N)cc3)CC2)cc1NC(=O)NC1CCCC1C(=O)O. The number of hydrogen-bond acceptors (Lipinski definition) is 4. The van der Waals surface area contributed by atoms with Crippen LogP contribution in [0.1, 0.15) is 65.1 Å². The maximum Gasteiger partial charge on any atom is 0.319 e. The number of hydrogen-bond donors (Lipinski definition) is 3. The Morgan fingerprint density at radius 3 is 2.40 bits per heavy atom. The van der Waals surface area contributed by atoms with Crippen molar-refractivity contribution in [3.05, 3.63) is 64.7 Å². The van der Waals surface area contributed by atoms with Crippen LogP contribution in [-0.4, -0.2) is 47.0 Å². The second-order valence-electron chi connectivity index (χ2n) is 9.41. The van der Waals surface area contributed by atoms with Crippen LogP contribution in [0.5, 0.6) is 0 Å². The van der Waals surface area contributed by atoms with Gasteiger partial charge in [-0.3, -0.25) is 9.59 Å². The lowest BCUT2D eigenvalue weighted by atomic mass is 9.89. The molecule has 3 N–H and O–H groups in total. The average molecular weight is 475 g/mol. The Balaban J connectivity index is 1.36. The lowest BCUT2D eigenvalue weighted by molar-refractivity contribution is -0.142. The van der Waals surface area contributed by atoms with E-state index in [-0.39, 0.29) is 5.91 Å². The van der Waals surface area contributed by atoms with Gasteiger partial charge in [-0.25, -0.2) is 4.79 Å². The number of anilines is 1. The molecule has 2 atom stereocenters. The third kappa shape index (κ3) is 5.62. The predicted molar refractivity (Wildman–Crippen MR) is 131 cm³/mol. The highest BCUT2D eigenvalue weighted by molar-refractivity contribution is 5.97. The molecule has 4 rings (SSSR count). The summed E-state index contributed by atoms with van der Waals surface area (Å²) in [6, 6.07) is 14.2. The number of nitrogens with zero attached hydrogens (tertiary/aromatic N) is 2. The monoisotopic (exact) mass is 474 g/mol. The Morgan fingerprint density at radius 1 is 1.03 bits per heavy atom. The number of piperidine rings is 1. The number of carbonyl (C=O) groups excluding carboxylic acids is 2. The van der Waals surface area contributed by atoms with Crippen LogP contribution in [0, 0.1) is 24.2 Å². The number of carboxylic acids is 1. The molecule has 0 radical (unpaired) electrons. The van der Waals surface area contributed by atoms with Crippen LogP contribution in [-0.2, 0) is 4.79 Å². The lowest BCUT2D eigenvalue weighted by Gasteiger charge is -2.32. The van der Waals surface area contributed by atoms with E-state index in [2.05, 4.69) is 16.7 Å². The molecule has 2 fully saturated rings. The number of likely N-dealkylation sites (tertiary alicyclic amines) is 1. The zero-order chi connectivity index (χ0) is 24.9. The van der Waals surface area contributed by atoms with E-state index in [1.54, 1.807) is 12.1 Å². The van der Waals surface area contributed by atoms with Crippen LogP contribution >= 0.6 is 0 Å². The number of carbonyl (C=O) groups is 3. The number of aryl methyl sites for hydroxylation is 1. The standard InChI is InChI=1S/C27H30N4O4/c1-17-5-8-21(15-24(17)30-27(35)29-23-4-2-3-22(23)26(33)34)25(32)31-13-11-20(12-14-31)19-9-6-18(16-28)7-10-19/h5-10,15,20,22-23H,2-4,11-14H2,1H3,(H,33,34)(H2,29,30,35). The Hall–Kier alpha value is -3.86. The summed E-state index contributed by atoms with van der Waals surface area (Å²) in [5, 5.41) is 23.9. The largest absolute Gasteiger partial charge is 0.481 e. The van der Waals surface area contributed by atoms with Crippen LogP contribution < -0.4 is 10.6 Å². The molecule has 35 heavy (non-hydrogen) atoms. The molecule has 1 heterocycles. The van der Waals surface area contributed by atoms with Crippen molar-refractivity contribution < 1.29 is 19.5 Å². The predicted octanol–water partition coefficient (Wildman–Crippen LogP) is 4.26. The fourth-order valence-corrected chi connectivity index (χ4v) is 5.07. The second kappa shape index (κ2) is 10.6. The Bertz CT molecular complexity index is 1150. The molecule has 8 heteroatoms. The first-order valence-electron chi connectivity index (χ1n) is 12.1. The van der Waals surface area contributed by atoms with Crippen molar-refractivity contribution >= 4 is 23.6 Å². The van der Waals surface area contributed by atoms with E-state index in [4.69, 9.17) is 5.26 Å². The van der Waals surface area contributed by atoms with Crippen molar-refractivity contribution in [2.75, 3.05) is 18.4 Å². The maximum atomic E-state index is 13.2. The molecule has 1 aliphatic heterocycles. The number of amides is 3. The summed E-state index contributed by atoms with van der Waals surface area (Å²) in [7, 11) is 0. The Morgan fingerprint density at radius 2 is 1.74 bits per heavy atom. The molecule has 182 valence electrons. The number of carboxylic acid groups (broad SMARTS) is 1. The van der Waals surface area contributed by atoms with Crippen LogP contribution in [0.4, 0.5) is 10.5 Å². The van der Waals surface area contributed by atoms with Gasteiger partial charge in [0.15, 0.2) is 0 Å². The molecule has 0 aromatic heterocycles. The topological polar surface area (TPSA) is 123 Å². The first-order valence-corrected chi connectivity index (χ1v) is 12.1. The van der Waals surface area contributed by atoms with Gasteiger partial charge in [-0.2, -0.15) is 5.26 Å². The van der Waals surface area contributed by atoms with E-state index in [0.717, 1.165) is 24.8 Å². The van der Waals surface area contributed by atoms with Crippen LogP contribution in [0.3, 0.4) is 0 Å². The third-order valence-electron chi connectivity index (χ3n) is 7.18. The zero-order valence-corrected chi connectivity index (χ0v) is 19.8. The van der Waals surface area contributed by atoms with Gasteiger partial charge in [0.2, 0.25) is 0 Å². The van der Waals surface area contributed by atoms with Gasteiger partial charge in [0.25, 0.3) is 5.91 Å². The molecule has 8 nitrogen and oxygen atoms in total. The van der Waals surface area contributed by atoms with Gasteiger partial charge in [0.1, 0.15) is 0 Å². The quantitative estimate of drug-likeness (QED) is 0.598. The van der Waals surface area contributed by atoms with Crippen molar-refractivity contribution in [3.63, 3.8) is 0 Å². The van der Waals surface area contributed by atoms with Crippen LogP contribution in [0.25, 0.3) is 0 Å². The summed E-state index contributed by atoms with van der Waals surface area (Å²) in [5.74, 6) is -1.18. The van der Waals surface area contributed by atoms with Gasteiger partial charge in [-0.15, -0.1) is 0 Å². The number of nitrogens with one attached hydrogen (secondary N) is 2. The number of rotatable bonds is 5. The summed E-state index contributed by atoms with van der Waals surface area (Å²) < 4.78 is 0. The zero-order valence-electron chi connectivity index (χ0n) is 19.8. The highest BCUT2D eigenvalue weighted by Crippen LogP contribution is 2.30. The minimum atomic E-state index is -0.889. The minimum absolute atomic E-state index is 0.0755. The molecule has 1 saturated carbocycles. The van der Waals surface area contributed by atoms with E-state index in [9.17, 15) is 19.5 Å². The van der Waals surface area contributed by atoms with Crippen LogP contribution in [0.2, 0.25) is 0 Å². The maximum absolute atomic E-state index is 13.2. The highest BCUT2D eigenvalue weighted by atomic mass is 16.4. The lowest BCUT2D eigenvalue weighted by Crippen LogP contribution is -2.42. The summed E-state index contributed by atoms with van der Waals surface area (Å²) >= 11 is 0. The summed E-state index contributed by atoms with van der Waals surface area (Å²) in [4.78, 5) is 38.9. The van der Waals surface area contributed by atoms with Crippen LogP contribution in [0.15, 0.2) is 42.5 Å². The number of nitriles is 1. The molecule has 2 unspecified atom stereocenters. The first kappa shape index (κ1) is 24.3. The smallest absolute Gasteiger partial charge is 0.319 e. The molecule has 1 saturated heterocycles. The van der Waals surface area contributed by atoms with E-state index in [0.29, 0.717) is 48.7 Å². The molecule has 2 aliphatic rings. The number of aliphatic carboxylic acids is 1. The fourth-order valence-electron chi connectivity index (χ4n) is 5.07. The number of urea groups is 1. The minimum Gasteiger partial charge on any atom is -0.481 e. The van der Waals surface area contributed by atoms with E-state index in [1.807, 2.05) is 42.2 Å².